The van der Waals surface area contributed by atoms with Crippen LogP contribution in [0.4, 0.5) is 17.6 Å². The Morgan fingerprint density at radius 3 is 2.18 bits per heavy atom. The van der Waals surface area contributed by atoms with Gasteiger partial charge in [0, 0.05) is 12.1 Å². The number of carbonyl (C=O) groups excluding carboxylic acids is 1. The minimum absolute atomic E-state index is 0.0571. The fourth-order valence-electron chi connectivity index (χ4n) is 6.92. The number of benzene rings is 1. The molecule has 0 radical (unpaired) electrons. The molecule has 1 heterocycles. The summed E-state index contributed by atoms with van der Waals surface area (Å²) in [6, 6.07) is 3.06. The van der Waals surface area contributed by atoms with Gasteiger partial charge in [-0.3, -0.25) is 4.79 Å². The molecule has 4 fully saturated rings. The van der Waals surface area contributed by atoms with Crippen LogP contribution in [0, 0.1) is 46.4 Å². The van der Waals surface area contributed by atoms with Crippen LogP contribution >= 0.6 is 0 Å². The van der Waals surface area contributed by atoms with E-state index in [0.717, 1.165) is 43.4 Å². The van der Waals surface area contributed by atoms with Gasteiger partial charge in [-0.2, -0.15) is 8.78 Å². The maximum absolute atomic E-state index is 13.8. The van der Waals surface area contributed by atoms with Crippen LogP contribution in [0.3, 0.4) is 0 Å². The van der Waals surface area contributed by atoms with Crippen LogP contribution in [0.25, 0.3) is 0 Å². The molecule has 2 aromatic rings. The Bertz CT molecular complexity index is 1000. The summed E-state index contributed by atoms with van der Waals surface area (Å²) in [5, 5.41) is 3.17. The third kappa shape index (κ3) is 4.02. The van der Waals surface area contributed by atoms with E-state index < -0.39 is 35.6 Å². The normalized spacial score (nSPS) is 28.7. The standard InChI is InChI=1S/C25H27F4NO3/c1-2-20(25-9-13-5-14(10-25)7-15(6-13)11-25)30-24(31)19-4-3-16(33-19)12-32-23-21(28)17(26)8-18(27)22(23)29/h3-4,8,13-15,20H,2,5-7,9-12H2,1H3,(H,30,31). The van der Waals surface area contributed by atoms with Gasteiger partial charge in [0.1, 0.15) is 12.4 Å². The Kier molecular flexibility index (Phi) is 5.65. The zero-order valence-corrected chi connectivity index (χ0v) is 18.4. The zero-order chi connectivity index (χ0) is 23.3. The van der Waals surface area contributed by atoms with Crippen molar-refractivity contribution in [3.63, 3.8) is 0 Å². The fourth-order valence-corrected chi connectivity index (χ4v) is 6.92. The van der Waals surface area contributed by atoms with Crippen molar-refractivity contribution in [2.45, 2.75) is 64.5 Å². The molecule has 1 aromatic carbocycles. The van der Waals surface area contributed by atoms with Crippen molar-refractivity contribution in [1.29, 1.82) is 0 Å². The fraction of sp³-hybridized carbons (Fsp3) is 0.560. The molecule has 33 heavy (non-hydrogen) atoms. The van der Waals surface area contributed by atoms with Gasteiger partial charge in [-0.25, -0.2) is 8.78 Å². The minimum Gasteiger partial charge on any atom is -0.479 e. The zero-order valence-electron chi connectivity index (χ0n) is 18.4. The molecule has 4 aliphatic carbocycles. The van der Waals surface area contributed by atoms with Gasteiger partial charge in [0.25, 0.3) is 5.91 Å². The first-order valence-electron chi connectivity index (χ1n) is 11.6. The van der Waals surface area contributed by atoms with Crippen LogP contribution in [-0.4, -0.2) is 11.9 Å². The van der Waals surface area contributed by atoms with Gasteiger partial charge in [-0.15, -0.1) is 0 Å². The van der Waals surface area contributed by atoms with E-state index in [0.29, 0.717) is 0 Å². The summed E-state index contributed by atoms with van der Waals surface area (Å²) in [6.07, 6.45) is 8.28. The third-order valence-electron chi connectivity index (χ3n) is 7.85. The molecule has 4 saturated carbocycles. The van der Waals surface area contributed by atoms with Crippen molar-refractivity contribution in [3.05, 3.63) is 53.0 Å². The monoisotopic (exact) mass is 465 g/mol. The lowest BCUT2D eigenvalue weighted by Gasteiger charge is -2.59. The lowest BCUT2D eigenvalue weighted by Crippen LogP contribution is -2.56. The molecule has 1 unspecified atom stereocenters. The first-order chi connectivity index (χ1) is 15.8. The molecule has 0 spiro atoms. The molecular formula is C25H27F4NO3. The van der Waals surface area contributed by atoms with Gasteiger partial charge < -0.3 is 14.5 Å². The Balaban J connectivity index is 1.25. The average Bonchev–Trinajstić information content (AvgIpc) is 3.24. The number of rotatable bonds is 7. The van der Waals surface area contributed by atoms with E-state index in [2.05, 4.69) is 12.2 Å². The Morgan fingerprint density at radius 2 is 1.64 bits per heavy atom. The number of furan rings is 1. The molecule has 1 amide bonds. The van der Waals surface area contributed by atoms with Crippen LogP contribution in [0.15, 0.2) is 22.6 Å². The molecule has 1 N–H and O–H groups in total. The highest BCUT2D eigenvalue weighted by Gasteiger charge is 2.54. The molecule has 0 aliphatic heterocycles. The van der Waals surface area contributed by atoms with Crippen LogP contribution in [0.1, 0.15) is 68.2 Å². The van der Waals surface area contributed by atoms with E-state index in [1.165, 1.54) is 31.4 Å². The topological polar surface area (TPSA) is 51.5 Å². The smallest absolute Gasteiger partial charge is 0.287 e. The lowest BCUT2D eigenvalue weighted by atomic mass is 9.47. The van der Waals surface area contributed by atoms with E-state index in [-0.39, 0.29) is 35.0 Å². The molecule has 8 heteroatoms. The van der Waals surface area contributed by atoms with Crippen molar-refractivity contribution in [2.75, 3.05) is 0 Å². The van der Waals surface area contributed by atoms with E-state index in [4.69, 9.17) is 9.15 Å². The van der Waals surface area contributed by atoms with Crippen molar-refractivity contribution in [2.24, 2.45) is 23.2 Å². The van der Waals surface area contributed by atoms with E-state index in [1.54, 1.807) is 0 Å². The van der Waals surface area contributed by atoms with Crippen molar-refractivity contribution < 1.29 is 31.5 Å². The largest absolute Gasteiger partial charge is 0.479 e. The summed E-state index contributed by atoms with van der Waals surface area (Å²) in [4.78, 5) is 12.9. The average molecular weight is 465 g/mol. The van der Waals surface area contributed by atoms with E-state index >= 15 is 0 Å². The Morgan fingerprint density at radius 1 is 1.06 bits per heavy atom. The summed E-state index contributed by atoms with van der Waals surface area (Å²) in [6.45, 7) is 1.60. The predicted molar refractivity (Wildman–Crippen MR) is 111 cm³/mol. The van der Waals surface area contributed by atoms with Gasteiger partial charge in [-0.05, 0) is 80.2 Å². The second-order valence-corrected chi connectivity index (χ2v) is 10.1. The second kappa shape index (κ2) is 8.37. The number of carbonyl (C=O) groups is 1. The molecule has 6 rings (SSSR count). The SMILES string of the molecule is CCC(NC(=O)c1ccc(COc2c(F)c(F)cc(F)c2F)o1)C12CC3CC(CC(C3)C1)C2. The molecule has 4 nitrogen and oxygen atoms in total. The number of hydrogen-bond acceptors (Lipinski definition) is 3. The van der Waals surface area contributed by atoms with Gasteiger partial charge in [0.05, 0.1) is 0 Å². The first kappa shape index (κ1) is 22.3. The Labute approximate surface area is 189 Å². The Hall–Kier alpha value is -2.51. The summed E-state index contributed by atoms with van der Waals surface area (Å²) < 4.78 is 64.6. The van der Waals surface area contributed by atoms with E-state index in [1.807, 2.05) is 0 Å². The minimum atomic E-state index is -1.63. The van der Waals surface area contributed by atoms with Crippen molar-refractivity contribution in [1.82, 2.24) is 5.32 Å². The molecule has 1 aromatic heterocycles. The maximum Gasteiger partial charge on any atom is 0.287 e. The van der Waals surface area contributed by atoms with Crippen molar-refractivity contribution >= 4 is 5.91 Å². The van der Waals surface area contributed by atoms with Gasteiger partial charge in [0.15, 0.2) is 23.1 Å². The number of nitrogens with one attached hydrogen (secondary N) is 1. The number of amides is 1. The van der Waals surface area contributed by atoms with Gasteiger partial charge >= 0.3 is 0 Å². The first-order valence-corrected chi connectivity index (χ1v) is 11.6. The van der Waals surface area contributed by atoms with Crippen LogP contribution in [0.5, 0.6) is 5.75 Å². The lowest BCUT2D eigenvalue weighted by molar-refractivity contribution is -0.0728. The molecule has 4 bridgehead atoms. The highest BCUT2D eigenvalue weighted by molar-refractivity contribution is 5.91. The van der Waals surface area contributed by atoms with E-state index in [9.17, 15) is 22.4 Å². The van der Waals surface area contributed by atoms with Crippen LogP contribution in [-0.2, 0) is 6.61 Å². The maximum atomic E-state index is 13.8. The summed E-state index contributed by atoms with van der Waals surface area (Å²) >= 11 is 0. The summed E-state index contributed by atoms with van der Waals surface area (Å²) in [5.41, 5.74) is 0.147. The number of halogens is 4. The third-order valence-corrected chi connectivity index (χ3v) is 7.85. The van der Waals surface area contributed by atoms with Crippen LogP contribution in [0.2, 0.25) is 0 Å². The van der Waals surface area contributed by atoms with Gasteiger partial charge in [0.2, 0.25) is 11.6 Å². The molecule has 0 saturated heterocycles. The second-order valence-electron chi connectivity index (χ2n) is 10.1. The molecular weight excluding hydrogens is 438 g/mol. The summed E-state index contributed by atoms with van der Waals surface area (Å²) in [5.74, 6) is -5.42. The predicted octanol–water partition coefficient (Wildman–Crippen LogP) is 6.14. The molecule has 4 aliphatic rings. The molecule has 178 valence electrons. The highest BCUT2D eigenvalue weighted by atomic mass is 19.2. The van der Waals surface area contributed by atoms with Crippen molar-refractivity contribution in [3.8, 4) is 5.75 Å². The molecule has 1 atom stereocenters. The quantitative estimate of drug-likeness (QED) is 0.395. The highest BCUT2D eigenvalue weighted by Crippen LogP contribution is 2.61. The number of ether oxygens (including phenoxy) is 1. The summed E-state index contributed by atoms with van der Waals surface area (Å²) in [7, 11) is 0. The number of hydrogen-bond donors (Lipinski definition) is 1. The van der Waals surface area contributed by atoms with Gasteiger partial charge in [-0.1, -0.05) is 6.92 Å². The van der Waals surface area contributed by atoms with Crippen LogP contribution < -0.4 is 10.1 Å².